The fourth-order valence-electron chi connectivity index (χ4n) is 7.45. The van der Waals surface area contributed by atoms with Gasteiger partial charge in [-0.05, 0) is 85.5 Å². The summed E-state index contributed by atoms with van der Waals surface area (Å²) in [6.45, 7) is 7.10. The number of hydrogen-bond acceptors (Lipinski definition) is 1. The lowest BCUT2D eigenvalue weighted by molar-refractivity contribution is -0.116. The number of allylic oxidation sites excluding steroid dienone is 2. The van der Waals surface area contributed by atoms with Gasteiger partial charge in [0.2, 0.25) is 0 Å². The van der Waals surface area contributed by atoms with E-state index in [1.165, 1.54) is 56.9 Å². The number of ketones is 1. The second kappa shape index (κ2) is 4.95. The van der Waals surface area contributed by atoms with Gasteiger partial charge in [-0.25, -0.2) is 0 Å². The van der Waals surface area contributed by atoms with Gasteiger partial charge >= 0.3 is 0 Å². The van der Waals surface area contributed by atoms with E-state index in [1.54, 1.807) is 0 Å². The van der Waals surface area contributed by atoms with E-state index in [9.17, 15) is 4.79 Å². The zero-order valence-electron chi connectivity index (χ0n) is 14.7. The number of rotatable bonds is 0. The number of Topliss-reactive ketones (excluding diaryl/α,β-unsaturated/α-hetero) is 1. The summed E-state index contributed by atoms with van der Waals surface area (Å²) >= 11 is 0. The highest BCUT2D eigenvalue weighted by Gasteiger charge is 2.60. The number of fused-ring (bicyclic) bond motifs is 5. The Kier molecular flexibility index (Phi) is 3.37. The molecule has 0 aromatic carbocycles. The summed E-state index contributed by atoms with van der Waals surface area (Å²) in [6, 6.07) is 0. The summed E-state index contributed by atoms with van der Waals surface area (Å²) in [4.78, 5) is 12.5. The van der Waals surface area contributed by atoms with Crippen LogP contribution >= 0.6 is 0 Å². The predicted molar refractivity (Wildman–Crippen MR) is 90.5 cm³/mol. The molecular weight excluding hydrogens is 268 g/mol. The van der Waals surface area contributed by atoms with E-state index in [0.29, 0.717) is 17.1 Å². The van der Waals surface area contributed by atoms with Crippen molar-refractivity contribution in [3.05, 3.63) is 11.6 Å². The molecule has 0 N–H and O–H groups in total. The lowest BCUT2D eigenvalue weighted by Gasteiger charge is -2.59. The quantitative estimate of drug-likeness (QED) is 0.536. The van der Waals surface area contributed by atoms with Crippen LogP contribution in [0.4, 0.5) is 0 Å². The molecular formula is C21H32O. The molecule has 4 fully saturated rings. The van der Waals surface area contributed by atoms with Gasteiger partial charge in [-0.15, -0.1) is 0 Å². The van der Waals surface area contributed by atoms with Crippen LogP contribution in [0.25, 0.3) is 0 Å². The molecule has 4 aliphatic carbocycles. The molecule has 4 aliphatic rings. The summed E-state index contributed by atoms with van der Waals surface area (Å²) in [7, 11) is 0. The van der Waals surface area contributed by atoms with Crippen molar-refractivity contribution in [2.45, 2.75) is 78.6 Å². The molecule has 1 nitrogen and oxygen atoms in total. The van der Waals surface area contributed by atoms with Gasteiger partial charge in [0.05, 0.1) is 0 Å². The third-order valence-electron chi connectivity index (χ3n) is 8.58. The van der Waals surface area contributed by atoms with Crippen molar-refractivity contribution in [2.24, 2.45) is 34.5 Å². The highest BCUT2D eigenvalue weighted by molar-refractivity contribution is 5.99. The minimum absolute atomic E-state index is 0.199. The first kappa shape index (κ1) is 15.0. The molecule has 122 valence electrons. The van der Waals surface area contributed by atoms with Gasteiger partial charge in [-0.2, -0.15) is 0 Å². The van der Waals surface area contributed by atoms with Crippen LogP contribution in [-0.2, 0) is 4.79 Å². The van der Waals surface area contributed by atoms with Gasteiger partial charge < -0.3 is 0 Å². The van der Waals surface area contributed by atoms with E-state index in [4.69, 9.17) is 0 Å². The number of carbonyl (C=O) groups is 1. The summed E-state index contributed by atoms with van der Waals surface area (Å²) in [5.41, 5.74) is 1.96. The molecule has 0 aromatic rings. The molecule has 0 radical (unpaired) electrons. The Morgan fingerprint density at radius 1 is 1.00 bits per heavy atom. The fraction of sp³-hybridized carbons (Fsp3) is 0.857. The number of carbonyl (C=O) groups excluding carboxylic acids is 1. The lowest BCUT2D eigenvalue weighted by atomic mass is 9.45. The Morgan fingerprint density at radius 2 is 1.82 bits per heavy atom. The zero-order chi connectivity index (χ0) is 15.5. The highest BCUT2D eigenvalue weighted by Crippen LogP contribution is 2.66. The maximum atomic E-state index is 12.5. The van der Waals surface area contributed by atoms with Crippen molar-refractivity contribution in [2.75, 3.05) is 0 Å². The minimum atomic E-state index is 0.199. The molecule has 0 unspecified atom stereocenters. The standard InChI is InChI=1S/C21H32O/c1-4-16-19(22)13-18-15-9-8-14-7-5-6-11-20(14,2)17(15)10-12-21(16,18)3/h4,14-15,17-18H,5-13H2,1-3H3/b16-4-/t14-,15-,17+,18+,20+,21-/m1/s1. The van der Waals surface area contributed by atoms with Crippen LogP contribution in [-0.4, -0.2) is 5.78 Å². The molecule has 0 amide bonds. The van der Waals surface area contributed by atoms with Gasteiger partial charge in [-0.1, -0.05) is 32.8 Å². The molecule has 0 aromatic heterocycles. The van der Waals surface area contributed by atoms with Crippen molar-refractivity contribution < 1.29 is 4.79 Å². The molecule has 4 saturated carbocycles. The Morgan fingerprint density at radius 3 is 2.59 bits per heavy atom. The molecule has 0 spiro atoms. The van der Waals surface area contributed by atoms with Crippen LogP contribution in [0.3, 0.4) is 0 Å². The minimum Gasteiger partial charge on any atom is -0.295 e. The van der Waals surface area contributed by atoms with Crippen LogP contribution in [0.5, 0.6) is 0 Å². The molecule has 0 bridgehead atoms. The average molecular weight is 300 g/mol. The van der Waals surface area contributed by atoms with E-state index >= 15 is 0 Å². The van der Waals surface area contributed by atoms with Crippen molar-refractivity contribution in [1.29, 1.82) is 0 Å². The second-order valence-electron chi connectivity index (χ2n) is 9.19. The Labute approximate surface area is 135 Å². The molecule has 1 heteroatoms. The largest absolute Gasteiger partial charge is 0.295 e. The summed E-state index contributed by atoms with van der Waals surface area (Å²) in [6.07, 6.45) is 14.3. The van der Waals surface area contributed by atoms with E-state index in [0.717, 1.165) is 24.2 Å². The predicted octanol–water partition coefficient (Wildman–Crippen LogP) is 5.54. The Hall–Kier alpha value is -0.590. The number of hydrogen-bond donors (Lipinski definition) is 0. The normalized spacial score (nSPS) is 53.0. The molecule has 0 saturated heterocycles. The molecule has 6 atom stereocenters. The van der Waals surface area contributed by atoms with Crippen LogP contribution in [0.1, 0.15) is 78.6 Å². The first-order chi connectivity index (χ1) is 10.5. The SMILES string of the molecule is C/C=C1/C(=O)C[C@H]2[C@@H]3CC[C@H]4CCCC[C@]4(C)[C@H]3CC[C@]12C. The summed E-state index contributed by atoms with van der Waals surface area (Å²) in [5, 5.41) is 0. The van der Waals surface area contributed by atoms with Crippen molar-refractivity contribution >= 4 is 5.78 Å². The molecule has 0 heterocycles. The van der Waals surface area contributed by atoms with Crippen LogP contribution in [0.15, 0.2) is 11.6 Å². The first-order valence-electron chi connectivity index (χ1n) is 9.70. The average Bonchev–Trinajstić information content (AvgIpc) is 2.76. The molecule has 0 aliphatic heterocycles. The van der Waals surface area contributed by atoms with Gasteiger partial charge in [0.15, 0.2) is 5.78 Å². The van der Waals surface area contributed by atoms with Crippen LogP contribution in [0.2, 0.25) is 0 Å². The molecule has 4 rings (SSSR count). The first-order valence-corrected chi connectivity index (χ1v) is 9.70. The lowest BCUT2D eigenvalue weighted by Crippen LogP contribution is -2.52. The van der Waals surface area contributed by atoms with Crippen LogP contribution in [0, 0.1) is 34.5 Å². The Balaban J connectivity index is 1.69. The topological polar surface area (TPSA) is 17.1 Å². The van der Waals surface area contributed by atoms with Gasteiger partial charge in [0, 0.05) is 6.42 Å². The highest BCUT2D eigenvalue weighted by atomic mass is 16.1. The summed E-state index contributed by atoms with van der Waals surface area (Å²) in [5.74, 6) is 3.80. The summed E-state index contributed by atoms with van der Waals surface area (Å²) < 4.78 is 0. The van der Waals surface area contributed by atoms with Crippen molar-refractivity contribution in [3.63, 3.8) is 0 Å². The van der Waals surface area contributed by atoms with Crippen LogP contribution < -0.4 is 0 Å². The van der Waals surface area contributed by atoms with Crippen molar-refractivity contribution in [3.8, 4) is 0 Å². The maximum Gasteiger partial charge on any atom is 0.159 e. The second-order valence-corrected chi connectivity index (χ2v) is 9.19. The van der Waals surface area contributed by atoms with Gasteiger partial charge in [0.1, 0.15) is 0 Å². The van der Waals surface area contributed by atoms with E-state index in [2.05, 4.69) is 26.8 Å². The smallest absolute Gasteiger partial charge is 0.159 e. The van der Waals surface area contributed by atoms with Crippen molar-refractivity contribution in [1.82, 2.24) is 0 Å². The molecule has 22 heavy (non-hydrogen) atoms. The van der Waals surface area contributed by atoms with Gasteiger partial charge in [-0.3, -0.25) is 4.79 Å². The van der Waals surface area contributed by atoms with Gasteiger partial charge in [0.25, 0.3) is 0 Å². The zero-order valence-corrected chi connectivity index (χ0v) is 14.7. The third-order valence-corrected chi connectivity index (χ3v) is 8.58. The van der Waals surface area contributed by atoms with E-state index in [-0.39, 0.29) is 5.41 Å². The fourth-order valence-corrected chi connectivity index (χ4v) is 7.45. The Bertz CT molecular complexity index is 518. The third kappa shape index (κ3) is 1.80. The monoisotopic (exact) mass is 300 g/mol. The maximum absolute atomic E-state index is 12.5. The van der Waals surface area contributed by atoms with E-state index < -0.39 is 0 Å². The van der Waals surface area contributed by atoms with E-state index in [1.807, 2.05) is 0 Å².